The van der Waals surface area contributed by atoms with Crippen LogP contribution >= 0.6 is 0 Å². The van der Waals surface area contributed by atoms with Gasteiger partial charge in [-0.15, -0.1) is 5.10 Å². The van der Waals surface area contributed by atoms with E-state index in [9.17, 15) is 9.59 Å². The molecule has 3 rings (SSSR count). The van der Waals surface area contributed by atoms with Gasteiger partial charge in [0.15, 0.2) is 5.69 Å². The second kappa shape index (κ2) is 3.54. The third kappa shape index (κ3) is 1.77. The van der Waals surface area contributed by atoms with Gasteiger partial charge in [0.25, 0.3) is 0 Å². The Kier molecular flexibility index (Phi) is 2.13. The topological polar surface area (TPSA) is 88.3 Å². The molecule has 0 aromatic carbocycles. The molecule has 90 valence electrons. The number of hydrogen-bond acceptors (Lipinski definition) is 4. The fraction of sp³-hybridized carbons (Fsp3) is 0.600. The number of carbonyl (C=O) groups is 2. The lowest BCUT2D eigenvalue weighted by Crippen LogP contribution is -2.51. The molecule has 1 aliphatic carbocycles. The van der Waals surface area contributed by atoms with E-state index in [1.807, 2.05) is 0 Å². The number of carbonyl (C=O) groups excluding carboxylic acids is 1. The summed E-state index contributed by atoms with van der Waals surface area (Å²) in [6.45, 7) is 1.22. The second-order valence-corrected chi connectivity index (χ2v) is 4.56. The van der Waals surface area contributed by atoms with Gasteiger partial charge in [0, 0.05) is 19.0 Å². The zero-order valence-electron chi connectivity index (χ0n) is 9.11. The molecular weight excluding hydrogens is 224 g/mol. The van der Waals surface area contributed by atoms with Crippen molar-refractivity contribution in [1.29, 1.82) is 0 Å². The van der Waals surface area contributed by atoms with Crippen molar-refractivity contribution in [3.8, 4) is 0 Å². The van der Waals surface area contributed by atoms with Gasteiger partial charge >= 0.3 is 5.97 Å². The first-order valence-electron chi connectivity index (χ1n) is 5.59. The number of aromatic nitrogens is 3. The first-order valence-corrected chi connectivity index (χ1v) is 5.59. The summed E-state index contributed by atoms with van der Waals surface area (Å²) in [6.07, 6.45) is 3.42. The van der Waals surface area contributed by atoms with Crippen LogP contribution in [0.25, 0.3) is 0 Å². The molecule has 0 spiro atoms. The van der Waals surface area contributed by atoms with E-state index in [2.05, 4.69) is 10.3 Å². The van der Waals surface area contributed by atoms with E-state index >= 15 is 0 Å². The Labute approximate surface area is 97.0 Å². The van der Waals surface area contributed by atoms with Crippen LogP contribution < -0.4 is 0 Å². The van der Waals surface area contributed by atoms with Crippen molar-refractivity contribution in [2.45, 2.75) is 18.9 Å². The summed E-state index contributed by atoms with van der Waals surface area (Å²) in [5.74, 6) is -0.623. The van der Waals surface area contributed by atoms with Crippen molar-refractivity contribution in [3.05, 3.63) is 11.9 Å². The quantitative estimate of drug-likeness (QED) is 0.783. The summed E-state index contributed by atoms with van der Waals surface area (Å²) in [7, 11) is 0. The fourth-order valence-electron chi connectivity index (χ4n) is 1.94. The Bertz CT molecular complexity index is 474. The van der Waals surface area contributed by atoms with Gasteiger partial charge in [0.05, 0.1) is 12.2 Å². The lowest BCUT2D eigenvalue weighted by molar-refractivity contribution is -0.138. The first-order chi connectivity index (χ1) is 8.15. The SMILES string of the molecule is O=C(O)c1cn(C2CN(C(=O)C3CC3)C2)nn1. The van der Waals surface area contributed by atoms with E-state index in [4.69, 9.17) is 5.11 Å². The largest absolute Gasteiger partial charge is 0.476 e. The van der Waals surface area contributed by atoms with E-state index in [-0.39, 0.29) is 23.6 Å². The lowest BCUT2D eigenvalue weighted by atomic mass is 10.1. The van der Waals surface area contributed by atoms with Crippen molar-refractivity contribution in [2.75, 3.05) is 13.1 Å². The molecule has 17 heavy (non-hydrogen) atoms. The molecule has 1 aliphatic heterocycles. The Balaban J connectivity index is 1.60. The minimum atomic E-state index is -1.08. The van der Waals surface area contributed by atoms with Gasteiger partial charge in [-0.05, 0) is 12.8 Å². The summed E-state index contributed by atoms with van der Waals surface area (Å²) < 4.78 is 1.53. The molecule has 2 heterocycles. The number of aromatic carboxylic acids is 1. The summed E-state index contributed by atoms with van der Waals surface area (Å²) in [5, 5.41) is 16.0. The highest BCUT2D eigenvalue weighted by atomic mass is 16.4. The monoisotopic (exact) mass is 236 g/mol. The van der Waals surface area contributed by atoms with Crippen LogP contribution in [0.5, 0.6) is 0 Å². The highest BCUT2D eigenvalue weighted by molar-refractivity contribution is 5.84. The summed E-state index contributed by atoms with van der Waals surface area (Å²) >= 11 is 0. The third-order valence-electron chi connectivity index (χ3n) is 3.20. The van der Waals surface area contributed by atoms with Gasteiger partial charge in [0.2, 0.25) is 5.91 Å². The van der Waals surface area contributed by atoms with Crippen molar-refractivity contribution in [2.24, 2.45) is 5.92 Å². The van der Waals surface area contributed by atoms with Gasteiger partial charge in [-0.1, -0.05) is 5.21 Å². The Morgan fingerprint density at radius 1 is 1.35 bits per heavy atom. The average molecular weight is 236 g/mol. The Hall–Kier alpha value is -1.92. The molecule has 0 unspecified atom stereocenters. The van der Waals surface area contributed by atoms with Crippen LogP contribution in [-0.4, -0.2) is 50.0 Å². The first kappa shape index (κ1) is 10.2. The summed E-state index contributed by atoms with van der Waals surface area (Å²) in [5.41, 5.74) is -0.0584. The number of amides is 1. The number of rotatable bonds is 3. The van der Waals surface area contributed by atoms with Crippen LogP contribution in [0.15, 0.2) is 6.20 Å². The number of carboxylic acids is 1. The predicted octanol–water partition coefficient (Wildman–Crippen LogP) is -0.230. The molecule has 1 saturated carbocycles. The third-order valence-corrected chi connectivity index (χ3v) is 3.20. The fourth-order valence-corrected chi connectivity index (χ4v) is 1.94. The van der Waals surface area contributed by atoms with Gasteiger partial charge in [0.1, 0.15) is 0 Å². The minimum Gasteiger partial charge on any atom is -0.476 e. The van der Waals surface area contributed by atoms with Gasteiger partial charge in [-0.3, -0.25) is 4.79 Å². The molecular formula is C10H12N4O3. The Morgan fingerprint density at radius 2 is 2.06 bits per heavy atom. The molecule has 0 radical (unpaired) electrons. The van der Waals surface area contributed by atoms with Gasteiger partial charge < -0.3 is 10.0 Å². The van der Waals surface area contributed by atoms with E-state index in [0.717, 1.165) is 12.8 Å². The maximum atomic E-state index is 11.7. The molecule has 7 heteroatoms. The smallest absolute Gasteiger partial charge is 0.358 e. The lowest BCUT2D eigenvalue weighted by Gasteiger charge is -2.39. The van der Waals surface area contributed by atoms with Crippen molar-refractivity contribution < 1.29 is 14.7 Å². The normalized spacial score (nSPS) is 20.1. The zero-order chi connectivity index (χ0) is 12.0. The van der Waals surface area contributed by atoms with Crippen LogP contribution in [0.2, 0.25) is 0 Å². The Morgan fingerprint density at radius 3 is 2.59 bits per heavy atom. The molecule has 1 aromatic heterocycles. The summed E-state index contributed by atoms with van der Waals surface area (Å²) in [4.78, 5) is 24.1. The highest BCUT2D eigenvalue weighted by Crippen LogP contribution is 2.34. The van der Waals surface area contributed by atoms with E-state index < -0.39 is 5.97 Å². The molecule has 2 aliphatic rings. The maximum Gasteiger partial charge on any atom is 0.358 e. The minimum absolute atomic E-state index is 0.0584. The van der Waals surface area contributed by atoms with Crippen molar-refractivity contribution >= 4 is 11.9 Å². The maximum absolute atomic E-state index is 11.7. The van der Waals surface area contributed by atoms with Crippen molar-refractivity contribution in [3.63, 3.8) is 0 Å². The standard InChI is InChI=1S/C10H12N4O3/c15-9(6-1-2-6)13-3-7(4-13)14-5-8(10(16)17)11-12-14/h5-7H,1-4H2,(H,16,17). The molecule has 7 nitrogen and oxygen atoms in total. The number of hydrogen-bond donors (Lipinski definition) is 1. The molecule has 1 amide bonds. The number of carboxylic acid groups (broad SMARTS) is 1. The average Bonchev–Trinajstić information content (AvgIpc) is 2.96. The molecule has 2 fully saturated rings. The second-order valence-electron chi connectivity index (χ2n) is 4.56. The van der Waals surface area contributed by atoms with Crippen LogP contribution in [0.4, 0.5) is 0 Å². The molecule has 1 saturated heterocycles. The predicted molar refractivity (Wildman–Crippen MR) is 55.3 cm³/mol. The van der Waals surface area contributed by atoms with Crippen LogP contribution in [-0.2, 0) is 4.79 Å². The molecule has 0 atom stereocenters. The number of nitrogens with zero attached hydrogens (tertiary/aromatic N) is 4. The molecule has 1 aromatic rings. The summed E-state index contributed by atoms with van der Waals surface area (Å²) in [6, 6.07) is 0.0679. The van der Waals surface area contributed by atoms with Crippen molar-refractivity contribution in [1.82, 2.24) is 19.9 Å². The van der Waals surface area contributed by atoms with Gasteiger partial charge in [-0.25, -0.2) is 9.48 Å². The molecule has 0 bridgehead atoms. The van der Waals surface area contributed by atoms with Crippen LogP contribution in [0, 0.1) is 5.92 Å². The number of likely N-dealkylation sites (tertiary alicyclic amines) is 1. The van der Waals surface area contributed by atoms with Crippen LogP contribution in [0.1, 0.15) is 29.4 Å². The van der Waals surface area contributed by atoms with E-state index in [1.54, 1.807) is 4.90 Å². The van der Waals surface area contributed by atoms with E-state index in [0.29, 0.717) is 13.1 Å². The zero-order valence-corrected chi connectivity index (χ0v) is 9.11. The highest BCUT2D eigenvalue weighted by Gasteiger charge is 2.40. The molecule has 1 N–H and O–H groups in total. The van der Waals surface area contributed by atoms with Gasteiger partial charge in [-0.2, -0.15) is 0 Å². The van der Waals surface area contributed by atoms with E-state index in [1.165, 1.54) is 10.9 Å². The van der Waals surface area contributed by atoms with Crippen LogP contribution in [0.3, 0.4) is 0 Å².